The molecule has 0 atom stereocenters. The number of benzene rings is 9. The van der Waals surface area contributed by atoms with Gasteiger partial charge in [0.05, 0.1) is 5.71 Å². The van der Waals surface area contributed by atoms with E-state index in [1.165, 1.54) is 26.3 Å². The quantitative estimate of drug-likeness (QED) is 0.0656. The molecule has 0 saturated heterocycles. The van der Waals surface area contributed by atoms with Gasteiger partial charge in [-0.25, -0.2) is 0 Å². The zero-order chi connectivity index (χ0) is 45.4. The zero-order valence-corrected chi connectivity index (χ0v) is 38.7. The van der Waals surface area contributed by atoms with Crippen LogP contribution in [0.15, 0.2) is 272 Å². The van der Waals surface area contributed by atoms with Gasteiger partial charge in [0.1, 0.15) is 5.75 Å². The van der Waals surface area contributed by atoms with E-state index in [9.17, 15) is 0 Å². The van der Waals surface area contributed by atoms with Crippen LogP contribution < -0.4 is 40.7 Å². The summed E-state index contributed by atoms with van der Waals surface area (Å²) in [7, 11) is -4.06. The van der Waals surface area contributed by atoms with Crippen LogP contribution in [0.5, 0.6) is 5.75 Å². The molecule has 0 aromatic heterocycles. The van der Waals surface area contributed by atoms with Gasteiger partial charge in [-0.15, -0.1) is 0 Å². The average molecular weight is 880 g/mol. The molecule has 1 aliphatic rings. The molecule has 0 spiro atoms. The third-order valence-corrected chi connectivity index (χ3v) is 17.5. The third-order valence-electron chi connectivity index (χ3n) is 12.5. The van der Waals surface area contributed by atoms with Crippen molar-refractivity contribution in [2.75, 3.05) is 9.80 Å². The van der Waals surface area contributed by atoms with Crippen molar-refractivity contribution in [3.8, 4) is 5.75 Å². The highest BCUT2D eigenvalue weighted by Gasteiger charge is 2.47. The normalized spacial score (nSPS) is 12.4. The fourth-order valence-corrected chi connectivity index (χ4v) is 14.8. The fraction of sp³-hybridized carbons (Fsp3) is 0.0328. The SMILES string of the molecule is C/C=C\C=C/C1=NB(c2ccc(N(c3ccccc3)c3ccccc3)cc2[Si](c2ccccc2)(c2ccccc2)c2cc(N(c3ccccc3)c3ccccc3)ccc2C)Oc2ccccc21. The maximum atomic E-state index is 7.14. The topological polar surface area (TPSA) is 28.1 Å². The Kier molecular flexibility index (Phi) is 12.4. The van der Waals surface area contributed by atoms with Crippen LogP contribution in [-0.2, 0) is 0 Å². The Bertz CT molecular complexity index is 3060. The van der Waals surface area contributed by atoms with Gasteiger partial charge in [0, 0.05) is 39.7 Å². The molecule has 0 radical (unpaired) electrons. The van der Waals surface area contributed by atoms with Gasteiger partial charge in [-0.2, -0.15) is 0 Å². The smallest absolute Gasteiger partial charge is 0.536 e. The minimum Gasteiger partial charge on any atom is -0.536 e. The van der Waals surface area contributed by atoms with Gasteiger partial charge < -0.3 is 14.5 Å². The predicted octanol–water partition coefficient (Wildman–Crippen LogP) is 12.0. The van der Waals surface area contributed by atoms with E-state index in [-0.39, 0.29) is 0 Å². The van der Waals surface area contributed by atoms with Crippen molar-refractivity contribution in [2.24, 2.45) is 4.90 Å². The number of aryl methyl sites for hydroxylation is 1. The third kappa shape index (κ3) is 8.47. The van der Waals surface area contributed by atoms with Crippen molar-refractivity contribution in [1.82, 2.24) is 0 Å². The molecule has 0 N–H and O–H groups in total. The molecule has 9 aromatic rings. The monoisotopic (exact) mass is 879 g/mol. The summed E-state index contributed by atoms with van der Waals surface area (Å²) < 4.78 is 7.14. The second-order valence-electron chi connectivity index (χ2n) is 16.6. The number of hydrogen-bond donors (Lipinski definition) is 0. The lowest BCUT2D eigenvalue weighted by atomic mass is 9.72. The van der Waals surface area contributed by atoms with E-state index in [1.54, 1.807) is 0 Å². The number of allylic oxidation sites excluding steroid dienone is 4. The molecule has 4 nitrogen and oxygen atoms in total. The number of para-hydroxylation sites is 5. The molecular formula is C61H50BN3OSi. The van der Waals surface area contributed by atoms with Crippen LogP contribution in [-0.4, -0.2) is 20.8 Å². The van der Waals surface area contributed by atoms with E-state index in [2.05, 4.69) is 265 Å². The average Bonchev–Trinajstić information content (AvgIpc) is 3.39. The first-order chi connectivity index (χ1) is 33.1. The first-order valence-corrected chi connectivity index (χ1v) is 24.9. The summed E-state index contributed by atoms with van der Waals surface area (Å²) >= 11 is 0. The van der Waals surface area contributed by atoms with Gasteiger partial charge in [-0.05, 0) is 131 Å². The van der Waals surface area contributed by atoms with Crippen LogP contribution >= 0.6 is 0 Å². The van der Waals surface area contributed by atoms with Crippen LogP contribution in [0.3, 0.4) is 0 Å². The van der Waals surface area contributed by atoms with Crippen molar-refractivity contribution in [1.29, 1.82) is 0 Å². The molecular weight excluding hydrogens is 830 g/mol. The first-order valence-electron chi connectivity index (χ1n) is 22.9. The van der Waals surface area contributed by atoms with E-state index < -0.39 is 15.1 Å². The van der Waals surface area contributed by atoms with Gasteiger partial charge in [0.2, 0.25) is 0 Å². The summed E-state index contributed by atoms with van der Waals surface area (Å²) in [5.41, 5.74) is 10.5. The Morgan fingerprint density at radius 3 is 1.37 bits per heavy atom. The number of anilines is 6. The van der Waals surface area contributed by atoms with Crippen molar-refractivity contribution in [2.45, 2.75) is 13.8 Å². The van der Waals surface area contributed by atoms with E-state index in [0.717, 1.165) is 56.6 Å². The summed E-state index contributed by atoms with van der Waals surface area (Å²) in [4.78, 5) is 10.3. The highest BCUT2D eigenvalue weighted by molar-refractivity contribution is 7.21. The standard InChI is InChI=1S/C61H50BN3OSi/c1-3-4-11-39-58-56-38-24-25-40-59(56)66-62(63-58)57-44-43-53(65(50-30-16-7-17-31-50)51-32-18-8-19-33-51)46-61(57)67(54-34-20-9-21-35-54,55-36-22-10-23-37-55)60-45-52(42-41-47(60)2)64(48-26-12-5-13-27-48)49-28-14-6-15-29-49/h3-46H,1-2H3/b4-3-,39-11-. The molecule has 0 saturated carbocycles. The molecule has 322 valence electrons. The molecule has 0 amide bonds. The number of nitrogens with zero attached hydrogens (tertiary/aromatic N) is 3. The maximum Gasteiger partial charge on any atom is 0.538 e. The van der Waals surface area contributed by atoms with Crippen LogP contribution in [0.25, 0.3) is 0 Å². The number of hydrogen-bond acceptors (Lipinski definition) is 4. The van der Waals surface area contributed by atoms with Crippen molar-refractivity contribution >= 4 is 81.2 Å². The predicted molar refractivity (Wildman–Crippen MR) is 287 cm³/mol. The fourth-order valence-electron chi connectivity index (χ4n) is 9.54. The summed E-state index contributed by atoms with van der Waals surface area (Å²) in [5.74, 6) is 0.805. The van der Waals surface area contributed by atoms with Crippen LogP contribution in [0.1, 0.15) is 18.1 Å². The lowest BCUT2D eigenvalue weighted by Crippen LogP contribution is -2.79. The molecule has 10 rings (SSSR count). The minimum absolute atomic E-state index is 0.654. The molecule has 0 bridgehead atoms. The molecule has 1 heterocycles. The van der Waals surface area contributed by atoms with Crippen molar-refractivity contribution < 1.29 is 4.65 Å². The van der Waals surface area contributed by atoms with Gasteiger partial charge >= 0.3 is 7.05 Å². The molecule has 67 heavy (non-hydrogen) atoms. The first kappa shape index (κ1) is 42.7. The summed E-state index contributed by atoms with van der Waals surface area (Å²) in [6.45, 7) is 4.31. The van der Waals surface area contributed by atoms with Crippen molar-refractivity contribution in [3.05, 3.63) is 278 Å². The highest BCUT2D eigenvalue weighted by atomic mass is 28.3. The lowest BCUT2D eigenvalue weighted by Gasteiger charge is -2.39. The molecule has 0 unspecified atom stereocenters. The van der Waals surface area contributed by atoms with Crippen LogP contribution in [0, 0.1) is 6.92 Å². The zero-order valence-electron chi connectivity index (χ0n) is 37.7. The molecule has 0 fully saturated rings. The lowest BCUT2D eigenvalue weighted by molar-refractivity contribution is 0.576. The van der Waals surface area contributed by atoms with Gasteiger partial charge in [-0.1, -0.05) is 182 Å². The summed E-state index contributed by atoms with van der Waals surface area (Å²) in [6, 6.07) is 87.4. The van der Waals surface area contributed by atoms with E-state index in [0.29, 0.717) is 0 Å². The number of rotatable bonds is 13. The van der Waals surface area contributed by atoms with Crippen molar-refractivity contribution in [3.63, 3.8) is 0 Å². The summed E-state index contributed by atoms with van der Waals surface area (Å²) in [5, 5.41) is 4.97. The molecule has 0 aliphatic carbocycles. The second kappa shape index (κ2) is 19.5. The van der Waals surface area contributed by atoms with E-state index >= 15 is 0 Å². The van der Waals surface area contributed by atoms with E-state index in [4.69, 9.17) is 9.56 Å². The van der Waals surface area contributed by atoms with Crippen LogP contribution in [0.4, 0.5) is 34.1 Å². The maximum absolute atomic E-state index is 7.14. The Balaban J connectivity index is 1.33. The van der Waals surface area contributed by atoms with Gasteiger partial charge in [0.15, 0.2) is 8.07 Å². The van der Waals surface area contributed by atoms with E-state index in [1.807, 2.05) is 25.1 Å². The van der Waals surface area contributed by atoms with Gasteiger partial charge in [0.25, 0.3) is 0 Å². The Hall–Kier alpha value is -8.19. The summed E-state index contributed by atoms with van der Waals surface area (Å²) in [6.07, 6.45) is 8.25. The minimum atomic E-state index is -3.41. The molecule has 9 aromatic carbocycles. The largest absolute Gasteiger partial charge is 0.538 e. The Labute approximate surface area is 396 Å². The molecule has 1 aliphatic heterocycles. The van der Waals surface area contributed by atoms with Crippen LogP contribution in [0.2, 0.25) is 0 Å². The Morgan fingerprint density at radius 2 is 0.881 bits per heavy atom. The highest BCUT2D eigenvalue weighted by Crippen LogP contribution is 2.36. The number of fused-ring (bicyclic) bond motifs is 1. The molecule has 6 heteroatoms. The Morgan fingerprint density at radius 1 is 0.448 bits per heavy atom. The van der Waals surface area contributed by atoms with Gasteiger partial charge in [-0.3, -0.25) is 4.90 Å². The second-order valence-corrected chi connectivity index (χ2v) is 20.4.